The van der Waals surface area contributed by atoms with Crippen LogP contribution in [0, 0.1) is 16.7 Å². The Morgan fingerprint density at radius 2 is 1.90 bits per heavy atom. The average molecular weight is 879 g/mol. The molecule has 334 valence electrons. The molecule has 1 unspecified atom stereocenters. The van der Waals surface area contributed by atoms with E-state index in [0.717, 1.165) is 44.7 Å². The zero-order chi connectivity index (χ0) is 45.0. The molecule has 0 aliphatic carbocycles. The number of ether oxygens (including phenoxy) is 2. The predicted molar refractivity (Wildman–Crippen MR) is 239 cm³/mol. The van der Waals surface area contributed by atoms with Gasteiger partial charge in [0.1, 0.15) is 18.1 Å². The molecule has 0 radical (unpaired) electrons. The zero-order valence-electron chi connectivity index (χ0n) is 37.2. The lowest BCUT2D eigenvalue weighted by Crippen LogP contribution is -2.64. The molecular formula is C47H58N8O7S. The van der Waals surface area contributed by atoms with Gasteiger partial charge in [-0.15, -0.1) is 11.3 Å². The molecule has 2 N–H and O–H groups in total. The van der Waals surface area contributed by atoms with Gasteiger partial charge in [-0.3, -0.25) is 34.0 Å². The van der Waals surface area contributed by atoms with Gasteiger partial charge in [-0.1, -0.05) is 40.3 Å². The van der Waals surface area contributed by atoms with Crippen LogP contribution in [-0.2, 0) is 53.3 Å². The molecule has 4 aromatic rings. The van der Waals surface area contributed by atoms with Crippen molar-refractivity contribution in [3.05, 3.63) is 70.8 Å². The van der Waals surface area contributed by atoms with Crippen molar-refractivity contribution in [2.24, 2.45) is 23.8 Å². The molecule has 1 aromatic carbocycles. The molecule has 63 heavy (non-hydrogen) atoms. The van der Waals surface area contributed by atoms with Crippen molar-refractivity contribution in [3.63, 3.8) is 0 Å². The molecule has 1 spiro atoms. The summed E-state index contributed by atoms with van der Waals surface area (Å²) in [5.41, 5.74) is 8.42. The van der Waals surface area contributed by atoms with E-state index in [9.17, 15) is 24.0 Å². The van der Waals surface area contributed by atoms with E-state index in [1.54, 1.807) is 23.1 Å². The Balaban J connectivity index is 1.15. The Hall–Kier alpha value is -5.45. The van der Waals surface area contributed by atoms with Gasteiger partial charge in [0, 0.05) is 85.8 Å². The third-order valence-corrected chi connectivity index (χ3v) is 14.1. The van der Waals surface area contributed by atoms with Gasteiger partial charge in [-0.2, -0.15) is 0 Å². The highest BCUT2D eigenvalue weighted by Crippen LogP contribution is 2.43. The second-order valence-corrected chi connectivity index (χ2v) is 19.6. The SMILES string of the molecule is C=CC(=O)N1CC2(CCN(C(C(=O)N[C@H]3Cc4nc(cs4)-c4ccc5c(c4)c(c(-c4cccnc4[C@H](C)OC)n5C)CC(C)(C)COC(=O)[C@@H]4CCCN(N4)C3=O)C(C)C)C2=O)C1. The molecule has 4 atom stereocenters. The molecule has 4 aliphatic rings. The predicted octanol–water partition coefficient (Wildman–Crippen LogP) is 4.99. The van der Waals surface area contributed by atoms with Crippen molar-refractivity contribution < 1.29 is 33.4 Å². The lowest BCUT2D eigenvalue weighted by atomic mass is 9.78. The fourth-order valence-corrected chi connectivity index (χ4v) is 10.7. The van der Waals surface area contributed by atoms with Crippen molar-refractivity contribution >= 4 is 51.8 Å². The van der Waals surface area contributed by atoms with E-state index in [2.05, 4.69) is 61.0 Å². The average Bonchev–Trinajstić information content (AvgIpc) is 3.94. The van der Waals surface area contributed by atoms with E-state index in [-0.39, 0.29) is 50.0 Å². The standard InChI is InChI=1S/C47H58N8O7S/c1-9-38(56)53-24-47(25-53)16-19-54(45(47)60)40(27(2)3)42(57)50-34-21-37-49-35(23-63-37)29-14-15-36-31(20-29)32(41(52(36)7)30-12-10-17-48-39(30)28(4)61-8)22-46(5,6)26-62-44(59)33-13-11-18-55(51-33)43(34)58/h9-10,12,14-15,17,20,23,27-28,33-34,40,51H,1,11,13,16,18-19,21-22,24-26H2,2-8H3,(H,50,57)/t28-,33-,34-,40?/m0/s1. The maximum absolute atomic E-state index is 14.6. The van der Waals surface area contributed by atoms with E-state index in [0.29, 0.717) is 43.8 Å². The molecule has 7 heterocycles. The number of likely N-dealkylation sites (tertiary alicyclic amines) is 2. The van der Waals surface area contributed by atoms with Crippen LogP contribution >= 0.6 is 11.3 Å². The van der Waals surface area contributed by atoms with E-state index >= 15 is 0 Å². The molecule has 3 fully saturated rings. The number of aryl methyl sites for hydroxylation is 1. The van der Waals surface area contributed by atoms with Crippen molar-refractivity contribution in [3.8, 4) is 22.5 Å². The van der Waals surface area contributed by atoms with Crippen LogP contribution < -0.4 is 10.7 Å². The van der Waals surface area contributed by atoms with Crippen LogP contribution in [0.1, 0.15) is 76.3 Å². The number of hydrogen-bond acceptors (Lipinski definition) is 11. The van der Waals surface area contributed by atoms with E-state index in [4.69, 9.17) is 19.4 Å². The third-order valence-electron chi connectivity index (χ3n) is 13.2. The zero-order valence-corrected chi connectivity index (χ0v) is 38.0. The maximum Gasteiger partial charge on any atom is 0.324 e. The Kier molecular flexibility index (Phi) is 12.1. The number of cyclic esters (lactones) is 1. The molecule has 6 bridgehead atoms. The largest absolute Gasteiger partial charge is 0.464 e. The fourth-order valence-electron chi connectivity index (χ4n) is 9.80. The van der Waals surface area contributed by atoms with Gasteiger partial charge in [0.15, 0.2) is 0 Å². The number of carbonyl (C=O) groups is 5. The first-order valence-electron chi connectivity index (χ1n) is 21.9. The Bertz CT molecular complexity index is 2470. The van der Waals surface area contributed by atoms with Gasteiger partial charge in [0.05, 0.1) is 40.2 Å². The van der Waals surface area contributed by atoms with Crippen molar-refractivity contribution in [2.75, 3.05) is 39.9 Å². The summed E-state index contributed by atoms with van der Waals surface area (Å²) in [6.07, 6.45) is 4.96. The molecule has 3 aromatic heterocycles. The quantitative estimate of drug-likeness (QED) is 0.182. The van der Waals surface area contributed by atoms with Gasteiger partial charge < -0.3 is 29.2 Å². The third kappa shape index (κ3) is 8.28. The number of aromatic nitrogens is 3. The number of amides is 4. The molecule has 4 aliphatic heterocycles. The number of benzene rings is 1. The highest BCUT2D eigenvalue weighted by molar-refractivity contribution is 7.10. The van der Waals surface area contributed by atoms with Gasteiger partial charge >= 0.3 is 5.97 Å². The maximum atomic E-state index is 14.6. The molecule has 4 amide bonds. The number of carbonyl (C=O) groups excluding carboxylic acids is 5. The summed E-state index contributed by atoms with van der Waals surface area (Å²) in [6.45, 7) is 14.9. The van der Waals surface area contributed by atoms with Crippen LogP contribution in [0.2, 0.25) is 0 Å². The number of fused-ring (bicyclic) bond motifs is 6. The first-order chi connectivity index (χ1) is 30.0. The van der Waals surface area contributed by atoms with Crippen LogP contribution in [0.3, 0.4) is 0 Å². The summed E-state index contributed by atoms with van der Waals surface area (Å²) < 4.78 is 14.0. The number of hydrazine groups is 1. The Morgan fingerprint density at radius 1 is 1.13 bits per heavy atom. The van der Waals surface area contributed by atoms with Gasteiger partial charge in [0.25, 0.3) is 5.91 Å². The van der Waals surface area contributed by atoms with Crippen LogP contribution in [-0.4, -0.2) is 117 Å². The number of nitrogens with one attached hydrogen (secondary N) is 2. The molecule has 0 saturated carbocycles. The number of thiazole rings is 1. The van der Waals surface area contributed by atoms with Crippen LogP contribution in [0.5, 0.6) is 0 Å². The van der Waals surface area contributed by atoms with Gasteiger partial charge in [0.2, 0.25) is 17.7 Å². The minimum atomic E-state index is -1.07. The normalized spacial score (nSPS) is 22.2. The monoisotopic (exact) mass is 878 g/mol. The Morgan fingerprint density at radius 3 is 2.63 bits per heavy atom. The molecular weight excluding hydrogens is 821 g/mol. The second kappa shape index (κ2) is 17.3. The minimum Gasteiger partial charge on any atom is -0.464 e. The number of hydrogen-bond donors (Lipinski definition) is 2. The highest BCUT2D eigenvalue weighted by Gasteiger charge is 2.57. The van der Waals surface area contributed by atoms with Crippen LogP contribution in [0.25, 0.3) is 33.4 Å². The lowest BCUT2D eigenvalue weighted by Gasteiger charge is -2.46. The summed E-state index contributed by atoms with van der Waals surface area (Å²) in [5.74, 6) is -1.99. The number of methoxy groups -OCH3 is 1. The van der Waals surface area contributed by atoms with Crippen LogP contribution in [0.15, 0.2) is 54.6 Å². The summed E-state index contributed by atoms with van der Waals surface area (Å²) in [4.78, 5) is 82.2. The number of rotatable bonds is 8. The highest BCUT2D eigenvalue weighted by atomic mass is 32.1. The van der Waals surface area contributed by atoms with Gasteiger partial charge in [-0.25, -0.2) is 10.4 Å². The minimum absolute atomic E-state index is 0.0858. The molecule has 15 nitrogen and oxygen atoms in total. The van der Waals surface area contributed by atoms with Crippen molar-refractivity contribution in [1.82, 2.24) is 40.1 Å². The second-order valence-electron chi connectivity index (χ2n) is 18.7. The van der Waals surface area contributed by atoms with E-state index < -0.39 is 46.7 Å². The first-order valence-corrected chi connectivity index (χ1v) is 22.7. The van der Waals surface area contributed by atoms with E-state index in [1.807, 2.05) is 38.3 Å². The smallest absolute Gasteiger partial charge is 0.324 e. The Labute approximate surface area is 372 Å². The summed E-state index contributed by atoms with van der Waals surface area (Å²) in [6, 6.07) is 7.61. The van der Waals surface area contributed by atoms with Crippen LogP contribution in [0.4, 0.5) is 0 Å². The van der Waals surface area contributed by atoms with Crippen molar-refractivity contribution in [1.29, 1.82) is 0 Å². The van der Waals surface area contributed by atoms with Crippen molar-refractivity contribution in [2.45, 2.75) is 91.0 Å². The molecule has 3 saturated heterocycles. The number of nitrogens with zero attached hydrogens (tertiary/aromatic N) is 6. The topological polar surface area (TPSA) is 168 Å². The fraction of sp³-hybridized carbons (Fsp3) is 0.511. The number of pyridine rings is 1. The summed E-state index contributed by atoms with van der Waals surface area (Å²) in [5, 5.41) is 8.11. The summed E-state index contributed by atoms with van der Waals surface area (Å²) in [7, 11) is 3.73. The first kappa shape index (κ1) is 44.2. The lowest BCUT2D eigenvalue weighted by molar-refractivity contribution is -0.156. The summed E-state index contributed by atoms with van der Waals surface area (Å²) >= 11 is 1.41. The number of esters is 1. The molecule has 16 heteroatoms. The molecule has 8 rings (SSSR count). The van der Waals surface area contributed by atoms with Gasteiger partial charge in [-0.05, 0) is 74.4 Å². The van der Waals surface area contributed by atoms with E-state index in [1.165, 1.54) is 22.4 Å².